The minimum absolute atomic E-state index is 0.247. The molecule has 96 valence electrons. The van der Waals surface area contributed by atoms with Gasteiger partial charge in [0.05, 0.1) is 0 Å². The van der Waals surface area contributed by atoms with Gasteiger partial charge in [-0.15, -0.1) is 0 Å². The highest BCUT2D eigenvalue weighted by molar-refractivity contribution is 8.08. The van der Waals surface area contributed by atoms with Gasteiger partial charge in [0.25, 0.3) is 0 Å². The molecule has 1 aliphatic rings. The third-order valence-corrected chi connectivity index (χ3v) is 4.80. The maximum absolute atomic E-state index is 2.39. The molecule has 0 aliphatic heterocycles. The molecule has 0 atom stereocenters. The van der Waals surface area contributed by atoms with Crippen molar-refractivity contribution in [2.24, 2.45) is 0 Å². The van der Waals surface area contributed by atoms with Crippen LogP contribution in [0.2, 0.25) is 0 Å². The van der Waals surface area contributed by atoms with Crippen LogP contribution in [-0.4, -0.2) is 0 Å². The molecule has 2 aromatic carbocycles. The Balaban J connectivity index is 1.98. The lowest BCUT2D eigenvalue weighted by Crippen LogP contribution is -2.20. The molecular weight excluding hydrogens is 248 g/mol. The van der Waals surface area contributed by atoms with Gasteiger partial charge < -0.3 is 0 Å². The van der Waals surface area contributed by atoms with E-state index in [9.17, 15) is 0 Å². The Labute approximate surface area is 119 Å². The lowest BCUT2D eigenvalue weighted by molar-refractivity contribution is 0.528. The van der Waals surface area contributed by atoms with Crippen LogP contribution in [0.5, 0.6) is 0 Å². The number of rotatable bonds is 2. The first-order valence-corrected chi connectivity index (χ1v) is 7.51. The fraction of sp³-hybridized carbons (Fsp3) is 0.222. The maximum Gasteiger partial charge on any atom is 0.0158 e. The van der Waals surface area contributed by atoms with Crippen molar-refractivity contribution >= 4 is 16.7 Å². The molecule has 0 spiro atoms. The van der Waals surface area contributed by atoms with Crippen LogP contribution >= 0.6 is 11.8 Å². The van der Waals surface area contributed by atoms with Gasteiger partial charge in [0.2, 0.25) is 0 Å². The van der Waals surface area contributed by atoms with Gasteiger partial charge in [-0.1, -0.05) is 74.1 Å². The van der Waals surface area contributed by atoms with E-state index in [4.69, 9.17) is 0 Å². The number of thioether (sulfide) groups is 1. The standard InChI is InChI=1S/C18H18S/c1-18(2)13-12-17(15-10-6-7-11-16(15)18)19-14-8-4-3-5-9-14/h3-12H,13H2,1-2H3. The van der Waals surface area contributed by atoms with Crippen LogP contribution in [0.4, 0.5) is 0 Å². The summed E-state index contributed by atoms with van der Waals surface area (Å²) in [5, 5.41) is 0. The van der Waals surface area contributed by atoms with E-state index in [0.717, 1.165) is 6.42 Å². The Kier molecular flexibility index (Phi) is 3.24. The van der Waals surface area contributed by atoms with Crippen LogP contribution in [0, 0.1) is 0 Å². The Morgan fingerprint density at radius 1 is 0.895 bits per heavy atom. The van der Waals surface area contributed by atoms with Gasteiger partial charge in [0.1, 0.15) is 0 Å². The van der Waals surface area contributed by atoms with Crippen molar-refractivity contribution in [3.63, 3.8) is 0 Å². The molecule has 0 heterocycles. The topological polar surface area (TPSA) is 0 Å². The molecule has 0 N–H and O–H groups in total. The molecule has 0 saturated carbocycles. The molecule has 0 amide bonds. The van der Waals surface area contributed by atoms with E-state index < -0.39 is 0 Å². The van der Waals surface area contributed by atoms with Crippen molar-refractivity contribution in [3.8, 4) is 0 Å². The van der Waals surface area contributed by atoms with Crippen LogP contribution in [-0.2, 0) is 5.41 Å². The number of hydrogen-bond donors (Lipinski definition) is 0. The lowest BCUT2D eigenvalue weighted by Gasteiger charge is -2.31. The van der Waals surface area contributed by atoms with Gasteiger partial charge in [-0.25, -0.2) is 0 Å². The molecule has 1 heteroatoms. The van der Waals surface area contributed by atoms with Crippen molar-refractivity contribution in [1.82, 2.24) is 0 Å². The predicted octanol–water partition coefficient (Wildman–Crippen LogP) is 5.50. The summed E-state index contributed by atoms with van der Waals surface area (Å²) in [5.74, 6) is 0. The molecule has 0 saturated heterocycles. The molecule has 0 nitrogen and oxygen atoms in total. The molecule has 0 bridgehead atoms. The lowest BCUT2D eigenvalue weighted by atomic mass is 9.76. The Morgan fingerprint density at radius 2 is 1.58 bits per heavy atom. The van der Waals surface area contributed by atoms with Crippen LogP contribution in [0.25, 0.3) is 4.91 Å². The van der Waals surface area contributed by atoms with Gasteiger partial charge in [0, 0.05) is 9.80 Å². The van der Waals surface area contributed by atoms with E-state index in [0.29, 0.717) is 0 Å². The average molecular weight is 266 g/mol. The zero-order chi connectivity index (χ0) is 13.3. The van der Waals surface area contributed by atoms with Crippen LogP contribution in [0.15, 0.2) is 65.6 Å². The molecule has 0 unspecified atom stereocenters. The van der Waals surface area contributed by atoms with Crippen molar-refractivity contribution < 1.29 is 0 Å². The highest BCUT2D eigenvalue weighted by atomic mass is 32.2. The van der Waals surface area contributed by atoms with E-state index in [1.54, 1.807) is 0 Å². The van der Waals surface area contributed by atoms with Crippen LogP contribution in [0.3, 0.4) is 0 Å². The number of allylic oxidation sites excluding steroid dienone is 1. The second-order valence-electron chi connectivity index (χ2n) is 5.62. The summed E-state index contributed by atoms with van der Waals surface area (Å²) in [6.07, 6.45) is 3.50. The van der Waals surface area contributed by atoms with Crippen LogP contribution in [0.1, 0.15) is 31.4 Å². The third kappa shape index (κ3) is 2.48. The van der Waals surface area contributed by atoms with Crippen molar-refractivity contribution in [1.29, 1.82) is 0 Å². The number of benzene rings is 2. The zero-order valence-electron chi connectivity index (χ0n) is 11.4. The van der Waals surface area contributed by atoms with Gasteiger partial charge in [0.15, 0.2) is 0 Å². The van der Waals surface area contributed by atoms with Gasteiger partial charge in [-0.2, -0.15) is 0 Å². The highest BCUT2D eigenvalue weighted by Crippen LogP contribution is 2.44. The summed E-state index contributed by atoms with van der Waals surface area (Å²) < 4.78 is 0. The molecule has 19 heavy (non-hydrogen) atoms. The zero-order valence-corrected chi connectivity index (χ0v) is 12.2. The summed E-state index contributed by atoms with van der Waals surface area (Å²) in [7, 11) is 0. The molecule has 0 fully saturated rings. The normalized spacial score (nSPS) is 16.6. The average Bonchev–Trinajstić information content (AvgIpc) is 2.44. The predicted molar refractivity (Wildman–Crippen MR) is 84.4 cm³/mol. The summed E-state index contributed by atoms with van der Waals surface area (Å²) in [4.78, 5) is 2.70. The Bertz CT molecular complexity index is 609. The fourth-order valence-corrected chi connectivity index (χ4v) is 3.57. The minimum atomic E-state index is 0.247. The molecule has 0 aromatic heterocycles. The van der Waals surface area contributed by atoms with Gasteiger partial charge in [-0.3, -0.25) is 0 Å². The fourth-order valence-electron chi connectivity index (χ4n) is 2.57. The monoisotopic (exact) mass is 266 g/mol. The first kappa shape index (κ1) is 12.6. The summed E-state index contributed by atoms with van der Waals surface area (Å²) in [6.45, 7) is 4.65. The van der Waals surface area contributed by atoms with Crippen molar-refractivity contribution in [2.75, 3.05) is 0 Å². The molecule has 2 aromatic rings. The summed E-state index contributed by atoms with van der Waals surface area (Å²) >= 11 is 1.87. The first-order chi connectivity index (χ1) is 9.17. The van der Waals surface area contributed by atoms with Gasteiger partial charge >= 0.3 is 0 Å². The largest absolute Gasteiger partial charge is 0.0898 e. The summed E-state index contributed by atoms with van der Waals surface area (Å²) in [6, 6.07) is 19.4. The third-order valence-electron chi connectivity index (χ3n) is 3.69. The van der Waals surface area contributed by atoms with Crippen molar-refractivity contribution in [2.45, 2.75) is 30.6 Å². The quantitative estimate of drug-likeness (QED) is 0.691. The highest BCUT2D eigenvalue weighted by Gasteiger charge is 2.27. The molecule has 1 aliphatic carbocycles. The second-order valence-corrected chi connectivity index (χ2v) is 6.73. The van der Waals surface area contributed by atoms with E-state index in [2.05, 4.69) is 74.5 Å². The smallest absolute Gasteiger partial charge is 0.0158 e. The molecular formula is C18H18S. The SMILES string of the molecule is CC1(C)CC=C(Sc2ccccc2)c2ccccc21. The second kappa shape index (κ2) is 4.90. The molecule has 0 radical (unpaired) electrons. The maximum atomic E-state index is 2.39. The first-order valence-electron chi connectivity index (χ1n) is 6.70. The minimum Gasteiger partial charge on any atom is -0.0898 e. The number of hydrogen-bond acceptors (Lipinski definition) is 1. The number of fused-ring (bicyclic) bond motifs is 1. The van der Waals surface area contributed by atoms with E-state index in [1.165, 1.54) is 20.9 Å². The van der Waals surface area contributed by atoms with Gasteiger partial charge in [-0.05, 0) is 35.1 Å². The Morgan fingerprint density at radius 3 is 2.37 bits per heavy atom. The Hall–Kier alpha value is -1.47. The van der Waals surface area contributed by atoms with E-state index >= 15 is 0 Å². The van der Waals surface area contributed by atoms with E-state index in [-0.39, 0.29) is 5.41 Å². The molecule has 3 rings (SSSR count). The summed E-state index contributed by atoms with van der Waals surface area (Å²) in [5.41, 5.74) is 3.11. The van der Waals surface area contributed by atoms with Crippen molar-refractivity contribution in [3.05, 3.63) is 71.8 Å². The van der Waals surface area contributed by atoms with E-state index in [1.807, 2.05) is 11.8 Å². The van der Waals surface area contributed by atoms with Crippen LogP contribution < -0.4 is 0 Å².